The highest BCUT2D eigenvalue weighted by atomic mass is 16.5. The summed E-state index contributed by atoms with van der Waals surface area (Å²) in [4.78, 5) is 21.2. The third-order valence-corrected chi connectivity index (χ3v) is 4.53. The SMILES string of the molecule is CCNc1cc(Nc2ccc(NC(=O)Nc3cc(OC)c(OC)c(OC)c3)cc2)nc(C)n1. The van der Waals surface area contributed by atoms with Crippen molar-refractivity contribution in [3.05, 3.63) is 48.3 Å². The van der Waals surface area contributed by atoms with Crippen LogP contribution in [-0.2, 0) is 0 Å². The lowest BCUT2D eigenvalue weighted by atomic mass is 10.2. The number of rotatable bonds is 9. The van der Waals surface area contributed by atoms with Crippen molar-refractivity contribution >= 4 is 34.7 Å². The highest BCUT2D eigenvalue weighted by molar-refractivity contribution is 6.00. The van der Waals surface area contributed by atoms with Crippen molar-refractivity contribution < 1.29 is 19.0 Å². The minimum absolute atomic E-state index is 0.410. The lowest BCUT2D eigenvalue weighted by Gasteiger charge is -2.15. The molecule has 0 aliphatic carbocycles. The van der Waals surface area contributed by atoms with Gasteiger partial charge in [0, 0.05) is 36.1 Å². The van der Waals surface area contributed by atoms with Gasteiger partial charge in [0.15, 0.2) is 11.5 Å². The summed E-state index contributed by atoms with van der Waals surface area (Å²) < 4.78 is 15.9. The fourth-order valence-electron chi connectivity index (χ4n) is 3.13. The van der Waals surface area contributed by atoms with Crippen molar-refractivity contribution in [3.63, 3.8) is 0 Å². The van der Waals surface area contributed by atoms with Gasteiger partial charge in [-0.3, -0.25) is 0 Å². The predicted octanol–water partition coefficient (Wildman–Crippen LogP) is 4.63. The predicted molar refractivity (Wildman–Crippen MR) is 129 cm³/mol. The Kier molecular flexibility index (Phi) is 7.74. The van der Waals surface area contributed by atoms with Gasteiger partial charge in [-0.15, -0.1) is 0 Å². The highest BCUT2D eigenvalue weighted by Crippen LogP contribution is 2.39. The number of aromatic nitrogens is 2. The lowest BCUT2D eigenvalue weighted by molar-refractivity contribution is 0.262. The number of aryl methyl sites for hydroxylation is 1. The van der Waals surface area contributed by atoms with Crippen LogP contribution in [0.1, 0.15) is 12.7 Å². The topological polar surface area (TPSA) is 119 Å². The number of methoxy groups -OCH3 is 3. The molecule has 1 aromatic heterocycles. The van der Waals surface area contributed by atoms with E-state index in [4.69, 9.17) is 14.2 Å². The van der Waals surface area contributed by atoms with E-state index in [0.717, 1.165) is 18.1 Å². The Morgan fingerprint density at radius 3 is 1.97 bits per heavy atom. The Morgan fingerprint density at radius 2 is 1.39 bits per heavy atom. The van der Waals surface area contributed by atoms with Gasteiger partial charge in [-0.1, -0.05) is 0 Å². The number of nitrogens with zero attached hydrogens (tertiary/aromatic N) is 2. The van der Waals surface area contributed by atoms with Gasteiger partial charge in [0.25, 0.3) is 0 Å². The molecule has 0 aliphatic heterocycles. The van der Waals surface area contributed by atoms with Gasteiger partial charge in [0.2, 0.25) is 5.75 Å². The first kappa shape index (κ1) is 23.5. The van der Waals surface area contributed by atoms with E-state index >= 15 is 0 Å². The molecule has 0 bridgehead atoms. The van der Waals surface area contributed by atoms with Crippen LogP contribution in [0.3, 0.4) is 0 Å². The number of amides is 2. The maximum Gasteiger partial charge on any atom is 0.323 e. The average molecular weight is 453 g/mol. The van der Waals surface area contributed by atoms with Crippen LogP contribution in [0.4, 0.5) is 33.5 Å². The maximum atomic E-state index is 12.5. The molecule has 10 nitrogen and oxygen atoms in total. The fraction of sp³-hybridized carbons (Fsp3) is 0.261. The molecule has 0 atom stereocenters. The Balaban J connectivity index is 1.65. The molecule has 0 saturated carbocycles. The van der Waals surface area contributed by atoms with E-state index < -0.39 is 6.03 Å². The summed E-state index contributed by atoms with van der Waals surface area (Å²) >= 11 is 0. The Bertz CT molecular complexity index is 1080. The van der Waals surface area contributed by atoms with Crippen molar-refractivity contribution in [1.29, 1.82) is 0 Å². The van der Waals surface area contributed by atoms with Crippen molar-refractivity contribution in [2.45, 2.75) is 13.8 Å². The van der Waals surface area contributed by atoms with Crippen LogP contribution in [0.2, 0.25) is 0 Å². The molecule has 2 aromatic carbocycles. The second-order valence-electron chi connectivity index (χ2n) is 6.91. The van der Waals surface area contributed by atoms with Crippen LogP contribution in [0, 0.1) is 6.92 Å². The summed E-state index contributed by atoms with van der Waals surface area (Å²) in [6.45, 7) is 4.62. The lowest BCUT2D eigenvalue weighted by Crippen LogP contribution is -2.19. The van der Waals surface area contributed by atoms with Crippen molar-refractivity contribution in [1.82, 2.24) is 9.97 Å². The van der Waals surface area contributed by atoms with Gasteiger partial charge < -0.3 is 35.5 Å². The first-order valence-corrected chi connectivity index (χ1v) is 10.3. The molecule has 0 radical (unpaired) electrons. The summed E-state index contributed by atoms with van der Waals surface area (Å²) in [6.07, 6.45) is 0. The standard InChI is InChI=1S/C23H28N6O4/c1-6-24-20-13-21(26-14(2)25-20)27-15-7-9-16(10-8-15)28-23(30)29-17-11-18(31-3)22(33-5)19(12-17)32-4/h7-13H,6H2,1-5H3,(H2,28,29,30)(H2,24,25,26,27). The zero-order valence-electron chi connectivity index (χ0n) is 19.3. The maximum absolute atomic E-state index is 12.5. The van der Waals surface area contributed by atoms with Crippen LogP contribution in [0.25, 0.3) is 0 Å². The van der Waals surface area contributed by atoms with E-state index in [1.807, 2.05) is 32.0 Å². The normalized spacial score (nSPS) is 10.2. The van der Waals surface area contributed by atoms with Crippen molar-refractivity contribution in [3.8, 4) is 17.2 Å². The van der Waals surface area contributed by atoms with Crippen LogP contribution < -0.4 is 35.5 Å². The van der Waals surface area contributed by atoms with E-state index in [0.29, 0.717) is 40.3 Å². The molecular formula is C23H28N6O4. The Morgan fingerprint density at radius 1 is 0.818 bits per heavy atom. The quantitative estimate of drug-likeness (QED) is 0.371. The van der Waals surface area contributed by atoms with Gasteiger partial charge in [-0.2, -0.15) is 0 Å². The van der Waals surface area contributed by atoms with E-state index in [9.17, 15) is 4.79 Å². The molecule has 33 heavy (non-hydrogen) atoms. The van der Waals surface area contributed by atoms with Gasteiger partial charge >= 0.3 is 6.03 Å². The number of hydrogen-bond donors (Lipinski definition) is 4. The second kappa shape index (κ2) is 10.9. The molecule has 3 rings (SSSR count). The summed E-state index contributed by atoms with van der Waals surface area (Å²) in [5.41, 5.74) is 1.94. The zero-order chi connectivity index (χ0) is 23.8. The summed E-state index contributed by atoms with van der Waals surface area (Å²) in [7, 11) is 4.55. The first-order valence-electron chi connectivity index (χ1n) is 10.3. The molecule has 0 aliphatic rings. The number of nitrogens with one attached hydrogen (secondary N) is 4. The minimum atomic E-state index is -0.410. The van der Waals surface area contributed by atoms with Crippen LogP contribution in [0.5, 0.6) is 17.2 Å². The van der Waals surface area contributed by atoms with Crippen LogP contribution in [-0.4, -0.2) is 43.9 Å². The number of carbonyl (C=O) groups is 1. The first-order chi connectivity index (χ1) is 15.9. The van der Waals surface area contributed by atoms with Crippen LogP contribution in [0.15, 0.2) is 42.5 Å². The van der Waals surface area contributed by atoms with Crippen molar-refractivity contribution in [2.75, 3.05) is 49.1 Å². The minimum Gasteiger partial charge on any atom is -0.493 e. The van der Waals surface area contributed by atoms with Gasteiger partial charge in [-0.25, -0.2) is 14.8 Å². The third kappa shape index (κ3) is 6.16. The monoisotopic (exact) mass is 452 g/mol. The molecule has 3 aromatic rings. The summed E-state index contributed by atoms with van der Waals surface area (Å²) in [5, 5.41) is 12.0. The molecule has 0 fully saturated rings. The Labute approximate surface area is 192 Å². The largest absolute Gasteiger partial charge is 0.493 e. The van der Waals surface area contributed by atoms with Gasteiger partial charge in [0.05, 0.1) is 27.0 Å². The molecule has 0 saturated heterocycles. The van der Waals surface area contributed by atoms with E-state index in [1.165, 1.54) is 21.3 Å². The number of carbonyl (C=O) groups excluding carboxylic acids is 1. The average Bonchev–Trinajstić information content (AvgIpc) is 2.79. The molecule has 0 spiro atoms. The van der Waals surface area contributed by atoms with E-state index in [-0.39, 0.29) is 0 Å². The van der Waals surface area contributed by atoms with E-state index in [2.05, 4.69) is 31.2 Å². The van der Waals surface area contributed by atoms with Crippen molar-refractivity contribution in [2.24, 2.45) is 0 Å². The zero-order valence-corrected chi connectivity index (χ0v) is 19.3. The van der Waals surface area contributed by atoms with Gasteiger partial charge in [0.1, 0.15) is 17.5 Å². The number of anilines is 5. The van der Waals surface area contributed by atoms with E-state index in [1.54, 1.807) is 24.3 Å². The summed E-state index contributed by atoms with van der Waals surface area (Å²) in [6, 6.07) is 12.0. The molecule has 10 heteroatoms. The number of urea groups is 1. The number of benzene rings is 2. The Hall–Kier alpha value is -4.21. The highest BCUT2D eigenvalue weighted by Gasteiger charge is 2.14. The molecule has 174 valence electrons. The molecule has 4 N–H and O–H groups in total. The van der Waals surface area contributed by atoms with Gasteiger partial charge in [-0.05, 0) is 38.1 Å². The molecule has 2 amide bonds. The summed E-state index contributed by atoms with van der Waals surface area (Å²) in [5.74, 6) is 3.44. The molecule has 1 heterocycles. The number of ether oxygens (including phenoxy) is 3. The third-order valence-electron chi connectivity index (χ3n) is 4.53. The smallest absolute Gasteiger partial charge is 0.323 e. The molecule has 0 unspecified atom stereocenters. The van der Waals surface area contributed by atoms with Crippen LogP contribution >= 0.6 is 0 Å². The fourth-order valence-corrected chi connectivity index (χ4v) is 3.13. The molecular weight excluding hydrogens is 424 g/mol. The number of hydrogen-bond acceptors (Lipinski definition) is 8. The second-order valence-corrected chi connectivity index (χ2v) is 6.91.